The number of hydrogen-bond acceptors (Lipinski definition) is 4. The predicted octanol–water partition coefficient (Wildman–Crippen LogP) is 3.82. The Hall–Kier alpha value is -1.78. The van der Waals surface area contributed by atoms with E-state index in [-0.39, 0.29) is 9.92 Å². The fourth-order valence-electron chi connectivity index (χ4n) is 2.10. The molecule has 1 N–H and O–H groups in total. The molecule has 0 saturated heterocycles. The maximum atomic E-state index is 12.5. The Kier molecular flexibility index (Phi) is 5.89. The summed E-state index contributed by atoms with van der Waals surface area (Å²) in [6.07, 6.45) is -4.68. The monoisotopic (exact) mass is 429 g/mol. The molecule has 0 saturated carbocycles. The van der Waals surface area contributed by atoms with Crippen molar-refractivity contribution in [3.8, 4) is 0 Å². The van der Waals surface area contributed by atoms with Crippen LogP contribution in [0.5, 0.6) is 0 Å². The Balaban J connectivity index is 2.23. The van der Waals surface area contributed by atoms with E-state index >= 15 is 0 Å². The molecule has 6 nitrogen and oxygen atoms in total. The minimum Gasteiger partial charge on any atom is -0.318 e. The molecule has 2 aromatic rings. The lowest BCUT2D eigenvalue weighted by Crippen LogP contribution is -2.31. The first-order valence-electron chi connectivity index (χ1n) is 7.02. The van der Waals surface area contributed by atoms with Gasteiger partial charge in [-0.15, -0.1) is 0 Å². The molecule has 1 aromatic heterocycles. The molecule has 1 amide bonds. The standard InChI is InChI=1S/C14H12Cl2F3N3O3S/c1-8(6-14(17,18)19)22-7-20-11(12(22)16)13(23)21-26(24,25)10-4-2-3-9(15)5-10/h2-5,7-8H,6H2,1H3,(H,21,23). The zero-order valence-corrected chi connectivity index (χ0v) is 15.4. The first kappa shape index (κ1) is 20.5. The van der Waals surface area contributed by atoms with Crippen LogP contribution in [-0.4, -0.2) is 30.1 Å². The van der Waals surface area contributed by atoms with Crippen LogP contribution < -0.4 is 4.72 Å². The van der Waals surface area contributed by atoms with E-state index in [0.29, 0.717) is 0 Å². The van der Waals surface area contributed by atoms with Gasteiger partial charge in [0.2, 0.25) is 0 Å². The molecule has 0 bridgehead atoms. The van der Waals surface area contributed by atoms with E-state index in [1.54, 1.807) is 4.72 Å². The molecule has 142 valence electrons. The van der Waals surface area contributed by atoms with Crippen molar-refractivity contribution < 1.29 is 26.4 Å². The summed E-state index contributed by atoms with van der Waals surface area (Å²) in [6, 6.07) is 4.04. The normalized spacial score (nSPS) is 13.5. The van der Waals surface area contributed by atoms with Gasteiger partial charge in [-0.3, -0.25) is 4.79 Å². The topological polar surface area (TPSA) is 81.1 Å². The van der Waals surface area contributed by atoms with Gasteiger partial charge in [0.25, 0.3) is 15.9 Å². The summed E-state index contributed by atoms with van der Waals surface area (Å²) in [5.74, 6) is -1.17. The van der Waals surface area contributed by atoms with Crippen molar-refractivity contribution in [1.29, 1.82) is 0 Å². The van der Waals surface area contributed by atoms with Crippen molar-refractivity contribution in [2.75, 3.05) is 0 Å². The molecule has 1 unspecified atom stereocenters. The Morgan fingerprint density at radius 2 is 2.00 bits per heavy atom. The Bertz CT molecular complexity index is 929. The summed E-state index contributed by atoms with van der Waals surface area (Å²) in [5.41, 5.74) is -0.508. The summed E-state index contributed by atoms with van der Waals surface area (Å²) < 4.78 is 64.5. The summed E-state index contributed by atoms with van der Waals surface area (Å²) >= 11 is 11.6. The fraction of sp³-hybridized carbons (Fsp3) is 0.286. The molecule has 0 fully saturated rings. The third-order valence-electron chi connectivity index (χ3n) is 3.28. The highest BCUT2D eigenvalue weighted by Gasteiger charge is 2.32. The second-order valence-electron chi connectivity index (χ2n) is 5.35. The van der Waals surface area contributed by atoms with Gasteiger partial charge in [0.05, 0.1) is 17.6 Å². The quantitative estimate of drug-likeness (QED) is 0.782. The molecule has 0 aliphatic carbocycles. The number of alkyl halides is 3. The second-order valence-corrected chi connectivity index (χ2v) is 7.83. The number of rotatable bonds is 5. The molecule has 1 aromatic carbocycles. The average Bonchev–Trinajstić information content (AvgIpc) is 2.87. The summed E-state index contributed by atoms with van der Waals surface area (Å²) in [4.78, 5) is 15.5. The molecule has 0 spiro atoms. The van der Waals surface area contributed by atoms with Gasteiger partial charge in [0, 0.05) is 11.1 Å². The van der Waals surface area contributed by atoms with Crippen LogP contribution in [-0.2, 0) is 10.0 Å². The number of halogens is 5. The maximum absolute atomic E-state index is 12.5. The van der Waals surface area contributed by atoms with Crippen molar-refractivity contribution in [2.24, 2.45) is 0 Å². The zero-order valence-electron chi connectivity index (χ0n) is 13.1. The van der Waals surface area contributed by atoms with Gasteiger partial charge >= 0.3 is 6.18 Å². The highest BCUT2D eigenvalue weighted by Crippen LogP contribution is 2.30. The zero-order chi connectivity index (χ0) is 19.7. The minimum absolute atomic E-state index is 0.142. The molecular formula is C14H12Cl2F3N3O3S. The SMILES string of the molecule is CC(CC(F)(F)F)n1cnc(C(=O)NS(=O)(=O)c2cccc(Cl)c2)c1Cl. The molecule has 0 aliphatic heterocycles. The molecule has 0 radical (unpaired) electrons. The summed E-state index contributed by atoms with van der Waals surface area (Å²) in [6.45, 7) is 1.24. The molecule has 1 atom stereocenters. The number of nitrogens with zero attached hydrogens (tertiary/aromatic N) is 2. The van der Waals surface area contributed by atoms with Crippen molar-refractivity contribution in [3.05, 3.63) is 46.5 Å². The van der Waals surface area contributed by atoms with E-state index in [4.69, 9.17) is 23.2 Å². The number of hydrogen-bond donors (Lipinski definition) is 1. The Morgan fingerprint density at radius 3 is 2.58 bits per heavy atom. The van der Waals surface area contributed by atoms with Crippen LogP contribution in [0.25, 0.3) is 0 Å². The van der Waals surface area contributed by atoms with Crippen molar-refractivity contribution in [3.63, 3.8) is 0 Å². The van der Waals surface area contributed by atoms with Crippen molar-refractivity contribution in [1.82, 2.24) is 14.3 Å². The van der Waals surface area contributed by atoms with Gasteiger partial charge < -0.3 is 4.57 Å². The third-order valence-corrected chi connectivity index (χ3v) is 5.22. The van der Waals surface area contributed by atoms with Crippen LogP contribution in [0.1, 0.15) is 29.9 Å². The lowest BCUT2D eigenvalue weighted by Gasteiger charge is -2.16. The van der Waals surface area contributed by atoms with Crippen LogP contribution in [0.2, 0.25) is 10.2 Å². The predicted molar refractivity (Wildman–Crippen MR) is 88.7 cm³/mol. The van der Waals surface area contributed by atoms with Crippen molar-refractivity contribution in [2.45, 2.75) is 30.5 Å². The lowest BCUT2D eigenvalue weighted by atomic mass is 10.2. The Labute approximate surface area is 157 Å². The molecule has 12 heteroatoms. The van der Waals surface area contributed by atoms with Crippen LogP contribution in [0, 0.1) is 0 Å². The van der Waals surface area contributed by atoms with E-state index < -0.39 is 45.4 Å². The second kappa shape index (κ2) is 7.45. The Morgan fingerprint density at radius 1 is 1.35 bits per heavy atom. The van der Waals surface area contributed by atoms with Gasteiger partial charge in [-0.05, 0) is 25.1 Å². The van der Waals surface area contributed by atoms with Crippen LogP contribution in [0.15, 0.2) is 35.5 Å². The number of aromatic nitrogens is 2. The molecule has 1 heterocycles. The third kappa shape index (κ3) is 4.89. The highest BCUT2D eigenvalue weighted by atomic mass is 35.5. The fourth-order valence-corrected chi connectivity index (χ4v) is 3.70. The lowest BCUT2D eigenvalue weighted by molar-refractivity contribution is -0.141. The van der Waals surface area contributed by atoms with E-state index in [1.807, 2.05) is 0 Å². The van der Waals surface area contributed by atoms with Gasteiger partial charge in [-0.25, -0.2) is 18.1 Å². The minimum atomic E-state index is -4.44. The number of sulfonamides is 1. The van der Waals surface area contributed by atoms with Gasteiger partial charge in [0.15, 0.2) is 5.69 Å². The van der Waals surface area contributed by atoms with E-state index in [2.05, 4.69) is 4.98 Å². The largest absolute Gasteiger partial charge is 0.391 e. The van der Waals surface area contributed by atoms with Crippen LogP contribution in [0.3, 0.4) is 0 Å². The molecule has 2 rings (SSSR count). The first-order valence-corrected chi connectivity index (χ1v) is 9.26. The number of carbonyl (C=O) groups is 1. The van der Waals surface area contributed by atoms with Gasteiger partial charge in [-0.1, -0.05) is 29.3 Å². The maximum Gasteiger partial charge on any atom is 0.391 e. The number of amides is 1. The number of carbonyl (C=O) groups excluding carboxylic acids is 1. The molecule has 0 aliphatic rings. The number of nitrogens with one attached hydrogen (secondary N) is 1. The van der Waals surface area contributed by atoms with Gasteiger partial charge in [-0.2, -0.15) is 13.2 Å². The van der Waals surface area contributed by atoms with Gasteiger partial charge in [0.1, 0.15) is 5.15 Å². The molecule has 26 heavy (non-hydrogen) atoms. The number of imidazole rings is 1. The molecular weight excluding hydrogens is 418 g/mol. The summed E-state index contributed by atoms with van der Waals surface area (Å²) in [7, 11) is -4.26. The van der Waals surface area contributed by atoms with Crippen molar-refractivity contribution >= 4 is 39.1 Å². The summed E-state index contributed by atoms with van der Waals surface area (Å²) in [5, 5.41) is -0.260. The van der Waals surface area contributed by atoms with Crippen LogP contribution in [0.4, 0.5) is 13.2 Å². The van der Waals surface area contributed by atoms with E-state index in [9.17, 15) is 26.4 Å². The number of benzene rings is 1. The first-order chi connectivity index (χ1) is 11.9. The smallest absolute Gasteiger partial charge is 0.318 e. The average molecular weight is 430 g/mol. The van der Waals surface area contributed by atoms with Crippen LogP contribution >= 0.6 is 23.2 Å². The van der Waals surface area contributed by atoms with E-state index in [0.717, 1.165) is 17.0 Å². The van der Waals surface area contributed by atoms with E-state index in [1.165, 1.54) is 25.1 Å². The highest BCUT2D eigenvalue weighted by molar-refractivity contribution is 7.90.